The lowest BCUT2D eigenvalue weighted by Gasteiger charge is -2.31. The standard InChI is InChI=1S/C26H26ClN3O5S/c1-5-35-20-9-8-16(11-18(20)27)22-17(12-28)25(30-24(32)23(22)26(33)34-4)36-13-21(31)29-19-10-14(2)6-7-15(19)3/h6-11,22-23H,5,13H2,1-4H3,(H,29,31)(H,30,32)/t22-,23-/m1/s1. The molecule has 0 spiro atoms. The zero-order valence-electron chi connectivity index (χ0n) is 20.3. The second kappa shape index (κ2) is 12.0. The van der Waals surface area contributed by atoms with Crippen molar-refractivity contribution < 1.29 is 23.9 Å². The van der Waals surface area contributed by atoms with Crippen LogP contribution in [0.1, 0.15) is 29.5 Å². The molecule has 1 heterocycles. The summed E-state index contributed by atoms with van der Waals surface area (Å²) < 4.78 is 10.3. The van der Waals surface area contributed by atoms with Gasteiger partial charge in [0.25, 0.3) is 0 Å². The van der Waals surface area contributed by atoms with Gasteiger partial charge in [0.2, 0.25) is 11.8 Å². The Balaban J connectivity index is 1.93. The molecule has 2 aromatic carbocycles. The first kappa shape index (κ1) is 27.1. The van der Waals surface area contributed by atoms with E-state index in [9.17, 15) is 19.6 Å². The number of ether oxygens (including phenoxy) is 2. The van der Waals surface area contributed by atoms with Gasteiger partial charge in [-0.2, -0.15) is 5.26 Å². The van der Waals surface area contributed by atoms with Gasteiger partial charge in [-0.15, -0.1) is 0 Å². The van der Waals surface area contributed by atoms with Gasteiger partial charge in [-0.3, -0.25) is 14.4 Å². The van der Waals surface area contributed by atoms with Crippen LogP contribution in [-0.4, -0.2) is 37.3 Å². The normalized spacial score (nSPS) is 17.2. The number of anilines is 1. The number of nitrogens with one attached hydrogen (secondary N) is 2. The number of allylic oxidation sites excluding steroid dienone is 1. The summed E-state index contributed by atoms with van der Waals surface area (Å²) in [7, 11) is 1.18. The molecule has 1 aliphatic heterocycles. The number of aryl methyl sites for hydroxylation is 2. The summed E-state index contributed by atoms with van der Waals surface area (Å²) in [6, 6.07) is 12.7. The lowest BCUT2D eigenvalue weighted by Crippen LogP contribution is -2.44. The van der Waals surface area contributed by atoms with E-state index in [0.717, 1.165) is 22.9 Å². The summed E-state index contributed by atoms with van der Waals surface area (Å²) in [5.41, 5.74) is 3.21. The van der Waals surface area contributed by atoms with Gasteiger partial charge in [-0.05, 0) is 55.7 Å². The molecule has 2 amide bonds. The molecule has 0 saturated carbocycles. The molecule has 0 unspecified atom stereocenters. The summed E-state index contributed by atoms with van der Waals surface area (Å²) in [6.45, 7) is 6.04. The largest absolute Gasteiger partial charge is 0.492 e. The van der Waals surface area contributed by atoms with E-state index in [2.05, 4.69) is 16.7 Å². The average molecular weight is 528 g/mol. The van der Waals surface area contributed by atoms with Crippen molar-refractivity contribution in [3.63, 3.8) is 0 Å². The zero-order chi connectivity index (χ0) is 26.4. The van der Waals surface area contributed by atoms with Crippen molar-refractivity contribution in [2.24, 2.45) is 5.92 Å². The van der Waals surface area contributed by atoms with Crippen LogP contribution >= 0.6 is 23.4 Å². The van der Waals surface area contributed by atoms with Crippen LogP contribution in [0.2, 0.25) is 5.02 Å². The summed E-state index contributed by atoms with van der Waals surface area (Å²) >= 11 is 7.37. The Hall–Kier alpha value is -3.48. The van der Waals surface area contributed by atoms with E-state index in [0.29, 0.717) is 23.6 Å². The molecule has 0 saturated heterocycles. The number of halogens is 1. The number of carbonyl (C=O) groups is 3. The van der Waals surface area contributed by atoms with Crippen LogP contribution in [0.25, 0.3) is 0 Å². The van der Waals surface area contributed by atoms with Gasteiger partial charge in [0, 0.05) is 11.6 Å². The summed E-state index contributed by atoms with van der Waals surface area (Å²) in [5.74, 6) is -3.59. The maximum Gasteiger partial charge on any atom is 0.319 e. The highest BCUT2D eigenvalue weighted by atomic mass is 35.5. The molecule has 1 aliphatic rings. The molecule has 3 rings (SSSR count). The van der Waals surface area contributed by atoms with E-state index < -0.39 is 23.7 Å². The van der Waals surface area contributed by atoms with Crippen LogP contribution in [0.4, 0.5) is 5.69 Å². The highest BCUT2D eigenvalue weighted by Gasteiger charge is 2.44. The number of amides is 2. The van der Waals surface area contributed by atoms with E-state index in [-0.39, 0.29) is 27.3 Å². The molecule has 2 aromatic rings. The lowest BCUT2D eigenvalue weighted by atomic mass is 9.78. The van der Waals surface area contributed by atoms with Crippen molar-refractivity contribution in [3.05, 3.63) is 68.7 Å². The fourth-order valence-corrected chi connectivity index (χ4v) is 4.95. The number of nitrogens with zero attached hydrogens (tertiary/aromatic N) is 1. The molecular formula is C26H26ClN3O5S. The van der Waals surface area contributed by atoms with Crippen LogP contribution in [0.3, 0.4) is 0 Å². The molecule has 188 valence electrons. The number of carbonyl (C=O) groups excluding carboxylic acids is 3. The molecule has 0 bridgehead atoms. The Morgan fingerprint density at radius 3 is 2.61 bits per heavy atom. The van der Waals surface area contributed by atoms with Crippen LogP contribution in [0.15, 0.2) is 47.0 Å². The first-order chi connectivity index (χ1) is 17.2. The van der Waals surface area contributed by atoms with E-state index >= 15 is 0 Å². The average Bonchev–Trinajstić information content (AvgIpc) is 2.85. The van der Waals surface area contributed by atoms with Crippen molar-refractivity contribution in [2.75, 3.05) is 24.8 Å². The second-order valence-electron chi connectivity index (χ2n) is 8.10. The fraction of sp³-hybridized carbons (Fsp3) is 0.308. The minimum Gasteiger partial charge on any atom is -0.492 e. The van der Waals surface area contributed by atoms with Crippen molar-refractivity contribution in [2.45, 2.75) is 26.7 Å². The van der Waals surface area contributed by atoms with Crippen LogP contribution in [0, 0.1) is 31.1 Å². The summed E-state index contributed by atoms with van der Waals surface area (Å²) in [4.78, 5) is 38.2. The van der Waals surface area contributed by atoms with Gasteiger partial charge < -0.3 is 20.1 Å². The van der Waals surface area contributed by atoms with Crippen LogP contribution in [0.5, 0.6) is 5.75 Å². The van der Waals surface area contributed by atoms with Crippen LogP contribution in [-0.2, 0) is 19.1 Å². The number of methoxy groups -OCH3 is 1. The number of hydrogen-bond acceptors (Lipinski definition) is 7. The Labute approximate surface area is 219 Å². The maximum atomic E-state index is 13.0. The summed E-state index contributed by atoms with van der Waals surface area (Å²) in [5, 5.41) is 16.0. The maximum absolute atomic E-state index is 13.0. The lowest BCUT2D eigenvalue weighted by molar-refractivity contribution is -0.150. The van der Waals surface area contributed by atoms with E-state index in [1.54, 1.807) is 18.2 Å². The van der Waals surface area contributed by atoms with E-state index in [1.165, 1.54) is 7.11 Å². The van der Waals surface area contributed by atoms with Crippen molar-refractivity contribution in [1.82, 2.24) is 5.32 Å². The van der Waals surface area contributed by atoms with Gasteiger partial charge >= 0.3 is 5.97 Å². The van der Waals surface area contributed by atoms with Gasteiger partial charge in [0.05, 0.1) is 41.2 Å². The van der Waals surface area contributed by atoms with Gasteiger partial charge in [0.1, 0.15) is 11.7 Å². The molecule has 36 heavy (non-hydrogen) atoms. The minimum absolute atomic E-state index is 0.0617. The molecule has 0 radical (unpaired) electrons. The molecule has 2 atom stereocenters. The quantitative estimate of drug-likeness (QED) is 0.384. The predicted molar refractivity (Wildman–Crippen MR) is 139 cm³/mol. The monoisotopic (exact) mass is 527 g/mol. The number of benzene rings is 2. The van der Waals surface area contributed by atoms with Crippen molar-refractivity contribution >= 4 is 46.8 Å². The molecule has 10 heteroatoms. The van der Waals surface area contributed by atoms with Gasteiger partial charge in [-0.1, -0.05) is 41.6 Å². The number of esters is 1. The Morgan fingerprint density at radius 1 is 1.22 bits per heavy atom. The summed E-state index contributed by atoms with van der Waals surface area (Å²) in [6.07, 6.45) is 0. The van der Waals surface area contributed by atoms with Crippen molar-refractivity contribution in [3.8, 4) is 11.8 Å². The smallest absolute Gasteiger partial charge is 0.319 e. The molecule has 0 aromatic heterocycles. The van der Waals surface area contributed by atoms with Gasteiger partial charge in [-0.25, -0.2) is 0 Å². The van der Waals surface area contributed by atoms with Crippen LogP contribution < -0.4 is 15.4 Å². The highest BCUT2D eigenvalue weighted by Crippen LogP contribution is 2.42. The first-order valence-electron chi connectivity index (χ1n) is 11.1. The minimum atomic E-state index is -1.30. The zero-order valence-corrected chi connectivity index (χ0v) is 21.9. The number of hydrogen-bond donors (Lipinski definition) is 2. The predicted octanol–water partition coefficient (Wildman–Crippen LogP) is 4.47. The first-order valence-corrected chi connectivity index (χ1v) is 12.5. The second-order valence-corrected chi connectivity index (χ2v) is 9.49. The topological polar surface area (TPSA) is 118 Å². The number of rotatable bonds is 8. The third kappa shape index (κ3) is 6.01. The Kier molecular flexibility index (Phi) is 9.02. The van der Waals surface area contributed by atoms with E-state index in [4.69, 9.17) is 21.1 Å². The van der Waals surface area contributed by atoms with Gasteiger partial charge in [0.15, 0.2) is 0 Å². The molecule has 2 N–H and O–H groups in total. The third-order valence-electron chi connectivity index (χ3n) is 5.61. The van der Waals surface area contributed by atoms with E-state index in [1.807, 2.05) is 39.0 Å². The molecule has 0 fully saturated rings. The Morgan fingerprint density at radius 2 is 1.97 bits per heavy atom. The third-order valence-corrected chi connectivity index (χ3v) is 6.93. The highest BCUT2D eigenvalue weighted by molar-refractivity contribution is 8.03. The van der Waals surface area contributed by atoms with Crippen molar-refractivity contribution in [1.29, 1.82) is 5.26 Å². The molecular weight excluding hydrogens is 502 g/mol. The molecule has 8 nitrogen and oxygen atoms in total. The SMILES string of the molecule is CCOc1ccc([C@@H]2C(C#N)=C(SCC(=O)Nc3cc(C)ccc3C)NC(=O)[C@@H]2C(=O)OC)cc1Cl. The number of thioether (sulfide) groups is 1. The molecule has 0 aliphatic carbocycles. The number of nitriles is 1. The Bertz CT molecular complexity index is 1270. The fourth-order valence-electron chi connectivity index (χ4n) is 3.86.